The summed E-state index contributed by atoms with van der Waals surface area (Å²) in [5.41, 5.74) is 2.95. The van der Waals surface area contributed by atoms with E-state index in [9.17, 15) is 14.9 Å². The first-order chi connectivity index (χ1) is 13.3. The largest absolute Gasteiger partial charge is 0.369 e. The Kier molecular flexibility index (Phi) is 6.31. The molecule has 0 bridgehead atoms. The quantitative estimate of drug-likeness (QED) is 0.557. The van der Waals surface area contributed by atoms with Gasteiger partial charge in [-0.25, -0.2) is 0 Å². The second kappa shape index (κ2) is 8.70. The average Bonchev–Trinajstić information content (AvgIpc) is 2.69. The Labute approximate surface area is 172 Å². The maximum atomic E-state index is 12.7. The number of hydrogen-bond acceptors (Lipinski definition) is 5. The molecule has 1 amide bonds. The summed E-state index contributed by atoms with van der Waals surface area (Å²) >= 11 is 3.49. The Balaban J connectivity index is 1.56. The molecule has 2 aromatic rings. The molecule has 28 heavy (non-hydrogen) atoms. The fourth-order valence-corrected chi connectivity index (χ4v) is 3.87. The van der Waals surface area contributed by atoms with Gasteiger partial charge in [0.25, 0.3) is 5.69 Å². The highest BCUT2D eigenvalue weighted by molar-refractivity contribution is 9.10. The van der Waals surface area contributed by atoms with E-state index in [1.165, 1.54) is 12.1 Å². The van der Waals surface area contributed by atoms with Gasteiger partial charge in [-0.05, 0) is 59.6 Å². The van der Waals surface area contributed by atoms with Crippen molar-refractivity contribution in [3.8, 4) is 0 Å². The predicted molar refractivity (Wildman–Crippen MR) is 114 cm³/mol. The highest BCUT2D eigenvalue weighted by atomic mass is 79.9. The predicted octanol–water partition coefficient (Wildman–Crippen LogP) is 3.81. The van der Waals surface area contributed by atoms with Crippen LogP contribution in [0.3, 0.4) is 0 Å². The van der Waals surface area contributed by atoms with Crippen molar-refractivity contribution in [2.45, 2.75) is 19.9 Å². The van der Waals surface area contributed by atoms with Crippen molar-refractivity contribution in [3.05, 3.63) is 62.6 Å². The Hall–Kier alpha value is -2.45. The number of nitrogens with zero attached hydrogens (tertiary/aromatic N) is 3. The summed E-state index contributed by atoms with van der Waals surface area (Å²) in [4.78, 5) is 27.4. The van der Waals surface area contributed by atoms with Gasteiger partial charge in [0, 0.05) is 48.5 Å². The SMILES string of the molecule is Cc1ccc(NC(=O)C(C)N2CCN(c3ccc([N+](=O)[O-])cc3)CC2)c(Br)c1. The van der Waals surface area contributed by atoms with Crippen molar-refractivity contribution in [2.24, 2.45) is 0 Å². The summed E-state index contributed by atoms with van der Waals surface area (Å²) in [6.45, 7) is 6.96. The first-order valence-corrected chi connectivity index (χ1v) is 9.95. The molecule has 0 aliphatic carbocycles. The average molecular weight is 447 g/mol. The summed E-state index contributed by atoms with van der Waals surface area (Å²) in [5.74, 6) is -0.0339. The molecule has 1 aliphatic heterocycles. The van der Waals surface area contributed by atoms with Gasteiger partial charge in [-0.3, -0.25) is 19.8 Å². The van der Waals surface area contributed by atoms with Crippen LogP contribution >= 0.6 is 15.9 Å². The number of carbonyl (C=O) groups is 1. The van der Waals surface area contributed by atoms with Crippen LogP contribution in [0.25, 0.3) is 0 Å². The molecule has 0 aromatic heterocycles. The van der Waals surface area contributed by atoms with Crippen molar-refractivity contribution in [1.29, 1.82) is 0 Å². The molecule has 2 aromatic carbocycles. The number of rotatable bonds is 5. The Morgan fingerprint density at radius 3 is 2.36 bits per heavy atom. The summed E-state index contributed by atoms with van der Waals surface area (Å²) in [6, 6.07) is 12.2. The zero-order valence-corrected chi connectivity index (χ0v) is 17.5. The van der Waals surface area contributed by atoms with E-state index in [4.69, 9.17) is 0 Å². The number of nitro groups is 1. The molecule has 1 atom stereocenters. The van der Waals surface area contributed by atoms with E-state index in [0.717, 1.165) is 47.6 Å². The zero-order valence-electron chi connectivity index (χ0n) is 15.9. The summed E-state index contributed by atoms with van der Waals surface area (Å²) < 4.78 is 0.871. The lowest BCUT2D eigenvalue weighted by Gasteiger charge is -2.38. The second-order valence-corrected chi connectivity index (χ2v) is 7.80. The molecule has 1 aliphatic rings. The van der Waals surface area contributed by atoms with E-state index in [1.807, 2.05) is 32.0 Å². The number of nitrogens with one attached hydrogen (secondary N) is 1. The Bertz CT molecular complexity index is 864. The maximum absolute atomic E-state index is 12.7. The molecular formula is C20H23BrN4O3. The van der Waals surface area contributed by atoms with E-state index < -0.39 is 4.92 Å². The molecule has 0 radical (unpaired) electrons. The van der Waals surface area contributed by atoms with Crippen molar-refractivity contribution < 1.29 is 9.72 Å². The molecule has 8 heteroatoms. The lowest BCUT2D eigenvalue weighted by molar-refractivity contribution is -0.384. The summed E-state index contributed by atoms with van der Waals surface area (Å²) in [5, 5.41) is 13.8. The zero-order chi connectivity index (χ0) is 20.3. The van der Waals surface area contributed by atoms with Crippen LogP contribution in [0.4, 0.5) is 17.1 Å². The second-order valence-electron chi connectivity index (χ2n) is 6.95. The van der Waals surface area contributed by atoms with E-state index in [0.29, 0.717) is 0 Å². The van der Waals surface area contributed by atoms with Gasteiger partial charge in [0.2, 0.25) is 5.91 Å². The van der Waals surface area contributed by atoms with E-state index in [2.05, 4.69) is 31.0 Å². The van der Waals surface area contributed by atoms with Gasteiger partial charge in [0.05, 0.1) is 16.7 Å². The standard InChI is InChI=1S/C20H23BrN4O3/c1-14-3-8-19(18(21)13-14)22-20(26)15(2)23-9-11-24(12-10-23)16-4-6-17(7-5-16)25(27)28/h3-8,13,15H,9-12H2,1-2H3,(H,22,26). The molecule has 3 rings (SSSR count). The molecule has 7 nitrogen and oxygen atoms in total. The number of halogens is 1. The Morgan fingerprint density at radius 2 is 1.79 bits per heavy atom. The van der Waals surface area contributed by atoms with E-state index in [-0.39, 0.29) is 17.6 Å². The number of hydrogen-bond donors (Lipinski definition) is 1. The van der Waals surface area contributed by atoms with Crippen LogP contribution in [0.15, 0.2) is 46.9 Å². The number of non-ortho nitro benzene ring substituents is 1. The summed E-state index contributed by atoms with van der Waals surface area (Å²) in [6.07, 6.45) is 0. The molecule has 1 unspecified atom stereocenters. The van der Waals surface area contributed by atoms with E-state index >= 15 is 0 Å². The van der Waals surface area contributed by atoms with Crippen LogP contribution in [-0.4, -0.2) is 48.0 Å². The highest BCUT2D eigenvalue weighted by Crippen LogP contribution is 2.24. The molecule has 1 N–H and O–H groups in total. The molecule has 0 spiro atoms. The van der Waals surface area contributed by atoms with Gasteiger partial charge in [-0.15, -0.1) is 0 Å². The summed E-state index contributed by atoms with van der Waals surface area (Å²) in [7, 11) is 0. The smallest absolute Gasteiger partial charge is 0.269 e. The van der Waals surface area contributed by atoms with Gasteiger partial charge in [-0.2, -0.15) is 0 Å². The van der Waals surface area contributed by atoms with Crippen LogP contribution in [0.2, 0.25) is 0 Å². The van der Waals surface area contributed by atoms with Gasteiger partial charge < -0.3 is 10.2 Å². The van der Waals surface area contributed by atoms with E-state index in [1.54, 1.807) is 12.1 Å². The fraction of sp³-hybridized carbons (Fsp3) is 0.350. The highest BCUT2D eigenvalue weighted by Gasteiger charge is 2.26. The van der Waals surface area contributed by atoms with Crippen molar-refractivity contribution >= 4 is 38.9 Å². The number of nitro benzene ring substituents is 1. The molecular weight excluding hydrogens is 424 g/mol. The lowest BCUT2D eigenvalue weighted by Crippen LogP contribution is -2.52. The topological polar surface area (TPSA) is 78.7 Å². The molecule has 0 saturated carbocycles. The molecule has 1 fully saturated rings. The first kappa shape index (κ1) is 20.3. The van der Waals surface area contributed by atoms with Crippen molar-refractivity contribution in [2.75, 3.05) is 36.4 Å². The lowest BCUT2D eigenvalue weighted by atomic mass is 10.1. The van der Waals surface area contributed by atoms with Gasteiger partial charge in [-0.1, -0.05) is 6.07 Å². The van der Waals surface area contributed by atoms with Crippen LogP contribution in [-0.2, 0) is 4.79 Å². The third kappa shape index (κ3) is 4.69. The van der Waals surface area contributed by atoms with Crippen LogP contribution in [0.5, 0.6) is 0 Å². The minimum atomic E-state index is -0.394. The van der Waals surface area contributed by atoms with Crippen LogP contribution < -0.4 is 10.2 Å². The minimum Gasteiger partial charge on any atom is -0.369 e. The number of carbonyl (C=O) groups excluding carboxylic acids is 1. The first-order valence-electron chi connectivity index (χ1n) is 9.15. The van der Waals surface area contributed by atoms with Crippen LogP contribution in [0, 0.1) is 17.0 Å². The van der Waals surface area contributed by atoms with Crippen molar-refractivity contribution in [1.82, 2.24) is 4.90 Å². The van der Waals surface area contributed by atoms with Gasteiger partial charge >= 0.3 is 0 Å². The fourth-order valence-electron chi connectivity index (χ4n) is 3.28. The number of piperazine rings is 1. The maximum Gasteiger partial charge on any atom is 0.269 e. The monoisotopic (exact) mass is 446 g/mol. The Morgan fingerprint density at radius 1 is 1.14 bits per heavy atom. The molecule has 1 heterocycles. The molecule has 1 saturated heterocycles. The molecule has 148 valence electrons. The number of benzene rings is 2. The third-order valence-electron chi connectivity index (χ3n) is 5.05. The normalized spacial score (nSPS) is 15.9. The number of anilines is 2. The number of aryl methyl sites for hydroxylation is 1. The number of amides is 1. The van der Waals surface area contributed by atoms with Crippen molar-refractivity contribution in [3.63, 3.8) is 0 Å². The van der Waals surface area contributed by atoms with Crippen LogP contribution in [0.1, 0.15) is 12.5 Å². The van der Waals surface area contributed by atoms with Gasteiger partial charge in [0.1, 0.15) is 0 Å². The van der Waals surface area contributed by atoms with Gasteiger partial charge in [0.15, 0.2) is 0 Å². The minimum absolute atomic E-state index is 0.0339. The third-order valence-corrected chi connectivity index (χ3v) is 5.71.